The lowest BCUT2D eigenvalue weighted by Crippen LogP contribution is -2.30. The first kappa shape index (κ1) is 15.6. The Morgan fingerprint density at radius 1 is 1.29 bits per heavy atom. The van der Waals surface area contributed by atoms with E-state index in [1.54, 1.807) is 6.26 Å². The van der Waals surface area contributed by atoms with Gasteiger partial charge in [0.15, 0.2) is 0 Å². The molecule has 0 spiro atoms. The Bertz CT molecular complexity index is 581. The van der Waals surface area contributed by atoms with E-state index in [4.69, 9.17) is 10.2 Å². The van der Waals surface area contributed by atoms with Gasteiger partial charge in [-0.05, 0) is 42.7 Å². The molecule has 3 rings (SSSR count). The molecule has 5 heteroatoms. The number of hydrogen-bond acceptors (Lipinski definition) is 3. The molecule has 112 valence electrons. The van der Waals surface area contributed by atoms with Gasteiger partial charge in [0, 0.05) is 18.7 Å². The number of carbonyl (C=O) groups is 1. The Morgan fingerprint density at radius 2 is 2.05 bits per heavy atom. The van der Waals surface area contributed by atoms with Gasteiger partial charge in [-0.1, -0.05) is 12.1 Å². The number of halogens is 1. The molecular weight excluding hydrogens is 288 g/mol. The third-order valence-electron chi connectivity index (χ3n) is 3.82. The predicted octanol–water partition coefficient (Wildman–Crippen LogP) is 3.14. The van der Waals surface area contributed by atoms with Crippen molar-refractivity contribution < 1.29 is 9.21 Å². The number of nitrogens with two attached hydrogens (primary N) is 1. The topological polar surface area (TPSA) is 59.5 Å². The van der Waals surface area contributed by atoms with Crippen molar-refractivity contribution in [3.8, 4) is 0 Å². The molecule has 1 amide bonds. The molecular formula is C16H19ClN2O2. The standard InChI is InChI=1S/C16H18N2O2.ClH/c17-11-12-5-7-13(8-6-12)16(19)18-9-1-3-14(18)15-4-2-10-20-15;/h2,4-8,10,14H,1,3,9,11,17H2;1H. The highest BCUT2D eigenvalue weighted by molar-refractivity contribution is 5.94. The molecule has 2 heterocycles. The van der Waals surface area contributed by atoms with Crippen LogP contribution in [0.1, 0.15) is 40.6 Å². The Labute approximate surface area is 130 Å². The van der Waals surface area contributed by atoms with Crippen LogP contribution in [0.15, 0.2) is 47.1 Å². The van der Waals surface area contributed by atoms with E-state index in [2.05, 4.69) is 0 Å². The quantitative estimate of drug-likeness (QED) is 0.947. The summed E-state index contributed by atoms with van der Waals surface area (Å²) < 4.78 is 5.46. The second kappa shape index (κ2) is 6.78. The highest BCUT2D eigenvalue weighted by Gasteiger charge is 2.32. The third kappa shape index (κ3) is 3.12. The number of nitrogens with zero attached hydrogens (tertiary/aromatic N) is 1. The molecule has 2 N–H and O–H groups in total. The lowest BCUT2D eigenvalue weighted by atomic mass is 10.1. The van der Waals surface area contributed by atoms with Gasteiger partial charge in [0.1, 0.15) is 5.76 Å². The zero-order chi connectivity index (χ0) is 13.9. The zero-order valence-electron chi connectivity index (χ0n) is 11.7. The molecule has 1 saturated heterocycles. The van der Waals surface area contributed by atoms with Gasteiger partial charge in [0.05, 0.1) is 12.3 Å². The highest BCUT2D eigenvalue weighted by Crippen LogP contribution is 2.33. The maximum absolute atomic E-state index is 12.6. The average Bonchev–Trinajstić information content (AvgIpc) is 3.16. The zero-order valence-corrected chi connectivity index (χ0v) is 12.5. The third-order valence-corrected chi connectivity index (χ3v) is 3.82. The summed E-state index contributed by atoms with van der Waals surface area (Å²) in [5, 5.41) is 0. The van der Waals surface area contributed by atoms with Gasteiger partial charge in [-0.3, -0.25) is 4.79 Å². The number of hydrogen-bond donors (Lipinski definition) is 1. The number of benzene rings is 1. The van der Waals surface area contributed by atoms with Gasteiger partial charge in [0.25, 0.3) is 5.91 Å². The second-order valence-corrected chi connectivity index (χ2v) is 5.07. The summed E-state index contributed by atoms with van der Waals surface area (Å²) in [6, 6.07) is 11.4. The molecule has 4 nitrogen and oxygen atoms in total. The maximum atomic E-state index is 12.6. The van der Waals surface area contributed by atoms with Gasteiger partial charge in [-0.2, -0.15) is 0 Å². The first-order valence-electron chi connectivity index (χ1n) is 6.93. The summed E-state index contributed by atoms with van der Waals surface area (Å²) in [5.41, 5.74) is 7.32. The largest absolute Gasteiger partial charge is 0.467 e. The minimum atomic E-state index is 0. The lowest BCUT2D eigenvalue weighted by Gasteiger charge is -2.23. The highest BCUT2D eigenvalue weighted by atomic mass is 35.5. The molecule has 1 aromatic carbocycles. The van der Waals surface area contributed by atoms with E-state index < -0.39 is 0 Å². The SMILES string of the molecule is Cl.NCc1ccc(C(=O)N2CCCC2c2ccco2)cc1. The molecule has 0 bridgehead atoms. The maximum Gasteiger partial charge on any atom is 0.254 e. The summed E-state index contributed by atoms with van der Waals surface area (Å²) in [7, 11) is 0. The minimum Gasteiger partial charge on any atom is -0.467 e. The molecule has 0 aliphatic carbocycles. The van der Waals surface area contributed by atoms with E-state index in [0.29, 0.717) is 12.1 Å². The van der Waals surface area contributed by atoms with Gasteiger partial charge in [-0.25, -0.2) is 0 Å². The van der Waals surface area contributed by atoms with Crippen LogP contribution in [-0.4, -0.2) is 17.4 Å². The van der Waals surface area contributed by atoms with Gasteiger partial charge in [0.2, 0.25) is 0 Å². The van der Waals surface area contributed by atoms with Crippen LogP contribution in [-0.2, 0) is 6.54 Å². The van der Waals surface area contributed by atoms with Crippen molar-refractivity contribution in [1.29, 1.82) is 0 Å². The van der Waals surface area contributed by atoms with E-state index in [-0.39, 0.29) is 24.4 Å². The first-order chi connectivity index (χ1) is 9.79. The van der Waals surface area contributed by atoms with Crippen LogP contribution in [0.2, 0.25) is 0 Å². The van der Waals surface area contributed by atoms with Crippen LogP contribution in [0.4, 0.5) is 0 Å². The summed E-state index contributed by atoms with van der Waals surface area (Å²) in [6.07, 6.45) is 3.63. The summed E-state index contributed by atoms with van der Waals surface area (Å²) in [5.74, 6) is 0.932. The van der Waals surface area contributed by atoms with E-state index >= 15 is 0 Å². The molecule has 1 fully saturated rings. The average molecular weight is 307 g/mol. The van der Waals surface area contributed by atoms with Gasteiger partial charge >= 0.3 is 0 Å². The second-order valence-electron chi connectivity index (χ2n) is 5.07. The fourth-order valence-corrected chi connectivity index (χ4v) is 2.74. The van der Waals surface area contributed by atoms with Crippen LogP contribution < -0.4 is 5.73 Å². The van der Waals surface area contributed by atoms with Crippen molar-refractivity contribution in [2.45, 2.75) is 25.4 Å². The molecule has 21 heavy (non-hydrogen) atoms. The molecule has 0 saturated carbocycles. The Kier molecular flexibility index (Phi) is 5.04. The summed E-state index contributed by atoms with van der Waals surface area (Å²) >= 11 is 0. The van der Waals surface area contributed by atoms with E-state index in [9.17, 15) is 4.79 Å². The number of amides is 1. The van der Waals surface area contributed by atoms with Crippen LogP contribution in [0.3, 0.4) is 0 Å². The molecule has 1 aliphatic heterocycles. The number of furan rings is 1. The molecule has 1 unspecified atom stereocenters. The molecule has 1 atom stereocenters. The summed E-state index contributed by atoms with van der Waals surface area (Å²) in [6.45, 7) is 1.27. The predicted molar refractivity (Wildman–Crippen MR) is 83.3 cm³/mol. The number of likely N-dealkylation sites (tertiary alicyclic amines) is 1. The van der Waals surface area contributed by atoms with Crippen LogP contribution in [0, 0.1) is 0 Å². The monoisotopic (exact) mass is 306 g/mol. The van der Waals surface area contributed by atoms with Gasteiger partial charge < -0.3 is 15.1 Å². The fraction of sp³-hybridized carbons (Fsp3) is 0.312. The molecule has 1 aliphatic rings. The lowest BCUT2D eigenvalue weighted by molar-refractivity contribution is 0.0720. The van der Waals surface area contributed by atoms with Crippen LogP contribution >= 0.6 is 12.4 Å². The van der Waals surface area contributed by atoms with Crippen molar-refractivity contribution >= 4 is 18.3 Å². The van der Waals surface area contributed by atoms with E-state index in [0.717, 1.165) is 30.7 Å². The first-order valence-corrected chi connectivity index (χ1v) is 6.93. The van der Waals surface area contributed by atoms with Crippen molar-refractivity contribution in [1.82, 2.24) is 4.90 Å². The molecule has 1 aromatic heterocycles. The van der Waals surface area contributed by atoms with Crippen molar-refractivity contribution in [2.75, 3.05) is 6.54 Å². The van der Waals surface area contributed by atoms with Crippen molar-refractivity contribution in [2.24, 2.45) is 5.73 Å². The Balaban J connectivity index is 0.00000161. The van der Waals surface area contributed by atoms with Gasteiger partial charge in [-0.15, -0.1) is 12.4 Å². The van der Waals surface area contributed by atoms with E-state index in [1.165, 1.54) is 0 Å². The van der Waals surface area contributed by atoms with Crippen molar-refractivity contribution in [3.05, 3.63) is 59.5 Å². The Morgan fingerprint density at radius 3 is 2.67 bits per heavy atom. The molecule has 0 radical (unpaired) electrons. The summed E-state index contributed by atoms with van der Waals surface area (Å²) in [4.78, 5) is 14.5. The number of rotatable bonds is 3. The number of carbonyl (C=O) groups excluding carboxylic acids is 1. The van der Waals surface area contributed by atoms with Crippen LogP contribution in [0.5, 0.6) is 0 Å². The van der Waals surface area contributed by atoms with Crippen molar-refractivity contribution in [3.63, 3.8) is 0 Å². The molecule has 2 aromatic rings. The van der Waals surface area contributed by atoms with Crippen LogP contribution in [0.25, 0.3) is 0 Å². The minimum absolute atomic E-state index is 0. The van der Waals surface area contributed by atoms with E-state index in [1.807, 2.05) is 41.3 Å². The smallest absolute Gasteiger partial charge is 0.254 e. The Hall–Kier alpha value is -1.78. The fourth-order valence-electron chi connectivity index (χ4n) is 2.74. The normalized spacial score (nSPS) is 17.6.